The molecule has 3 rings (SSSR count). The van der Waals surface area contributed by atoms with Gasteiger partial charge in [0.15, 0.2) is 0 Å². The topological polar surface area (TPSA) is 81.2 Å². The second-order valence-electron chi connectivity index (χ2n) is 5.29. The highest BCUT2D eigenvalue weighted by Crippen LogP contribution is 2.19. The molecule has 7 heteroatoms. The number of halogens is 1. The van der Waals surface area contributed by atoms with E-state index in [0.29, 0.717) is 30.1 Å². The molecule has 1 aliphatic heterocycles. The highest BCUT2D eigenvalue weighted by molar-refractivity contribution is 6.30. The molecule has 2 amide bonds. The number of hydrogen-bond acceptors (Lipinski definition) is 3. The van der Waals surface area contributed by atoms with Crippen LogP contribution >= 0.6 is 11.6 Å². The molecular weight excluding hydrogens is 304 g/mol. The van der Waals surface area contributed by atoms with Crippen LogP contribution in [0.15, 0.2) is 36.7 Å². The van der Waals surface area contributed by atoms with Crippen molar-refractivity contribution in [3.63, 3.8) is 0 Å². The largest absolute Gasteiger partial charge is 0.369 e. The van der Waals surface area contributed by atoms with Gasteiger partial charge in [-0.05, 0) is 30.7 Å². The second kappa shape index (κ2) is 5.81. The van der Waals surface area contributed by atoms with Gasteiger partial charge in [-0.15, -0.1) is 0 Å². The number of carbonyl (C=O) groups excluding carboxylic acids is 2. The lowest BCUT2D eigenvalue weighted by Gasteiger charge is -2.14. The Kier molecular flexibility index (Phi) is 3.85. The third-order valence-electron chi connectivity index (χ3n) is 3.80. The van der Waals surface area contributed by atoms with Crippen molar-refractivity contribution in [3.8, 4) is 5.69 Å². The number of carbonyl (C=O) groups is 2. The number of likely N-dealkylation sites (tertiary alicyclic amines) is 1. The normalized spacial score (nSPS) is 17.7. The highest BCUT2D eigenvalue weighted by atomic mass is 35.5. The van der Waals surface area contributed by atoms with Crippen molar-refractivity contribution in [2.45, 2.75) is 6.42 Å². The van der Waals surface area contributed by atoms with Crippen molar-refractivity contribution in [2.24, 2.45) is 11.7 Å². The third kappa shape index (κ3) is 2.82. The minimum Gasteiger partial charge on any atom is -0.369 e. The van der Waals surface area contributed by atoms with E-state index in [1.54, 1.807) is 27.9 Å². The molecule has 0 radical (unpaired) electrons. The Morgan fingerprint density at radius 2 is 2.00 bits per heavy atom. The van der Waals surface area contributed by atoms with E-state index in [9.17, 15) is 9.59 Å². The SMILES string of the molecule is NC(=O)[C@@H]1CCN(C(=O)c2cnn(-c3ccc(Cl)cc3)c2)C1. The average Bonchev–Trinajstić information content (AvgIpc) is 3.17. The Morgan fingerprint density at radius 3 is 2.64 bits per heavy atom. The maximum absolute atomic E-state index is 12.4. The van der Waals surface area contributed by atoms with Crippen molar-refractivity contribution >= 4 is 23.4 Å². The van der Waals surface area contributed by atoms with Gasteiger partial charge in [0.2, 0.25) is 5.91 Å². The van der Waals surface area contributed by atoms with Gasteiger partial charge in [-0.2, -0.15) is 5.10 Å². The molecule has 1 aromatic carbocycles. The summed E-state index contributed by atoms with van der Waals surface area (Å²) in [4.78, 5) is 25.2. The molecule has 2 N–H and O–H groups in total. The van der Waals surface area contributed by atoms with Crippen LogP contribution in [0.2, 0.25) is 5.02 Å². The lowest BCUT2D eigenvalue weighted by atomic mass is 10.1. The zero-order chi connectivity index (χ0) is 15.7. The Morgan fingerprint density at radius 1 is 1.27 bits per heavy atom. The standard InChI is InChI=1S/C15H15ClN4O2/c16-12-1-3-13(4-2-12)20-9-11(7-18-20)15(22)19-6-5-10(8-19)14(17)21/h1-4,7,9-10H,5-6,8H2,(H2,17,21)/t10-/m1/s1. The monoisotopic (exact) mass is 318 g/mol. The van der Waals surface area contributed by atoms with Crippen LogP contribution in [-0.2, 0) is 4.79 Å². The predicted octanol–water partition coefficient (Wildman–Crippen LogP) is 1.47. The van der Waals surface area contributed by atoms with Crippen LogP contribution in [0, 0.1) is 5.92 Å². The van der Waals surface area contributed by atoms with E-state index in [4.69, 9.17) is 17.3 Å². The fourth-order valence-electron chi connectivity index (χ4n) is 2.53. The quantitative estimate of drug-likeness (QED) is 0.930. The Balaban J connectivity index is 1.75. The fraction of sp³-hybridized carbons (Fsp3) is 0.267. The molecule has 0 bridgehead atoms. The molecule has 0 spiro atoms. The molecule has 0 unspecified atom stereocenters. The van der Waals surface area contributed by atoms with Crippen LogP contribution in [0.25, 0.3) is 5.69 Å². The zero-order valence-electron chi connectivity index (χ0n) is 11.8. The summed E-state index contributed by atoms with van der Waals surface area (Å²) < 4.78 is 1.62. The fourth-order valence-corrected chi connectivity index (χ4v) is 2.65. The minimum atomic E-state index is -0.354. The van der Waals surface area contributed by atoms with E-state index in [1.165, 1.54) is 6.20 Å². The molecule has 2 aromatic rings. The number of rotatable bonds is 3. The molecule has 1 aromatic heterocycles. The van der Waals surface area contributed by atoms with Gasteiger partial charge in [0.05, 0.1) is 23.4 Å². The van der Waals surface area contributed by atoms with E-state index < -0.39 is 0 Å². The van der Waals surface area contributed by atoms with E-state index in [0.717, 1.165) is 5.69 Å². The predicted molar refractivity (Wildman–Crippen MR) is 81.8 cm³/mol. The van der Waals surface area contributed by atoms with E-state index in [1.807, 2.05) is 12.1 Å². The van der Waals surface area contributed by atoms with Gasteiger partial charge in [0, 0.05) is 24.3 Å². The number of amides is 2. The number of primary amides is 1. The first-order valence-corrected chi connectivity index (χ1v) is 7.31. The molecule has 1 saturated heterocycles. The van der Waals surface area contributed by atoms with Gasteiger partial charge < -0.3 is 10.6 Å². The Labute approximate surface area is 132 Å². The zero-order valence-corrected chi connectivity index (χ0v) is 12.5. The van der Waals surface area contributed by atoms with Crippen molar-refractivity contribution in [1.82, 2.24) is 14.7 Å². The van der Waals surface area contributed by atoms with Gasteiger partial charge in [-0.3, -0.25) is 9.59 Å². The van der Waals surface area contributed by atoms with E-state index in [-0.39, 0.29) is 17.7 Å². The van der Waals surface area contributed by atoms with Crippen molar-refractivity contribution in [1.29, 1.82) is 0 Å². The summed E-state index contributed by atoms with van der Waals surface area (Å²) in [6.45, 7) is 0.916. The summed E-state index contributed by atoms with van der Waals surface area (Å²) >= 11 is 5.85. The first-order valence-electron chi connectivity index (χ1n) is 6.94. The molecule has 1 fully saturated rings. The maximum Gasteiger partial charge on any atom is 0.257 e. The number of nitrogens with two attached hydrogens (primary N) is 1. The lowest BCUT2D eigenvalue weighted by Crippen LogP contribution is -2.31. The van der Waals surface area contributed by atoms with Crippen LogP contribution in [0.4, 0.5) is 0 Å². The first kappa shape index (κ1) is 14.6. The van der Waals surface area contributed by atoms with Crippen molar-refractivity contribution in [2.75, 3.05) is 13.1 Å². The Hall–Kier alpha value is -2.34. The summed E-state index contributed by atoms with van der Waals surface area (Å²) in [6, 6.07) is 7.17. The second-order valence-corrected chi connectivity index (χ2v) is 5.73. The number of hydrogen-bond donors (Lipinski definition) is 1. The van der Waals surface area contributed by atoms with Gasteiger partial charge in [0.25, 0.3) is 5.91 Å². The molecule has 2 heterocycles. The van der Waals surface area contributed by atoms with Crippen molar-refractivity contribution < 1.29 is 9.59 Å². The van der Waals surface area contributed by atoms with E-state index >= 15 is 0 Å². The molecule has 1 atom stereocenters. The molecular formula is C15H15ClN4O2. The van der Waals surface area contributed by atoms with Gasteiger partial charge >= 0.3 is 0 Å². The van der Waals surface area contributed by atoms with Gasteiger partial charge in [-0.1, -0.05) is 11.6 Å². The summed E-state index contributed by atoms with van der Waals surface area (Å²) in [6.07, 6.45) is 3.81. The molecule has 114 valence electrons. The first-order chi connectivity index (χ1) is 10.5. The summed E-state index contributed by atoms with van der Waals surface area (Å²) in [5.74, 6) is -0.744. The summed E-state index contributed by atoms with van der Waals surface area (Å²) in [7, 11) is 0. The molecule has 0 saturated carbocycles. The summed E-state index contributed by atoms with van der Waals surface area (Å²) in [5, 5.41) is 4.84. The molecule has 6 nitrogen and oxygen atoms in total. The smallest absolute Gasteiger partial charge is 0.257 e. The third-order valence-corrected chi connectivity index (χ3v) is 4.05. The average molecular weight is 319 g/mol. The molecule has 1 aliphatic rings. The van der Waals surface area contributed by atoms with Crippen LogP contribution in [0.3, 0.4) is 0 Å². The van der Waals surface area contributed by atoms with Crippen LogP contribution in [-0.4, -0.2) is 39.6 Å². The minimum absolute atomic E-state index is 0.135. The molecule has 22 heavy (non-hydrogen) atoms. The number of aromatic nitrogens is 2. The highest BCUT2D eigenvalue weighted by Gasteiger charge is 2.30. The van der Waals surface area contributed by atoms with E-state index in [2.05, 4.69) is 5.10 Å². The van der Waals surface area contributed by atoms with Gasteiger partial charge in [0.1, 0.15) is 0 Å². The molecule has 0 aliphatic carbocycles. The van der Waals surface area contributed by atoms with Gasteiger partial charge in [-0.25, -0.2) is 4.68 Å². The maximum atomic E-state index is 12.4. The Bertz CT molecular complexity index is 711. The van der Waals surface area contributed by atoms with Crippen LogP contribution in [0.1, 0.15) is 16.8 Å². The van der Waals surface area contributed by atoms with Crippen LogP contribution < -0.4 is 5.73 Å². The number of nitrogens with zero attached hydrogens (tertiary/aromatic N) is 3. The summed E-state index contributed by atoms with van der Waals surface area (Å²) in [5.41, 5.74) is 6.59. The van der Waals surface area contributed by atoms with Crippen LogP contribution in [0.5, 0.6) is 0 Å². The lowest BCUT2D eigenvalue weighted by molar-refractivity contribution is -0.121. The van der Waals surface area contributed by atoms with Crippen molar-refractivity contribution in [3.05, 3.63) is 47.2 Å². The number of benzene rings is 1.